The molecule has 0 aliphatic rings. The lowest BCUT2D eigenvalue weighted by atomic mass is 10.2. The highest BCUT2D eigenvalue weighted by molar-refractivity contribution is 6.02. The molecule has 7 nitrogen and oxygen atoms in total. The molecule has 1 aromatic carbocycles. The molecule has 0 fully saturated rings. The molecule has 3 aromatic heterocycles. The number of amides is 2. The highest BCUT2D eigenvalue weighted by atomic mass is 19.1. The Bertz CT molecular complexity index is 1150. The van der Waals surface area contributed by atoms with Crippen molar-refractivity contribution in [2.24, 2.45) is 0 Å². The van der Waals surface area contributed by atoms with E-state index in [1.807, 2.05) is 0 Å². The molecule has 8 heteroatoms. The van der Waals surface area contributed by atoms with Crippen LogP contribution in [0, 0.1) is 5.82 Å². The molecule has 2 N–H and O–H groups in total. The summed E-state index contributed by atoms with van der Waals surface area (Å²) in [5.41, 5.74) is 1.39. The van der Waals surface area contributed by atoms with Crippen molar-refractivity contribution in [1.29, 1.82) is 0 Å². The normalized spacial score (nSPS) is 10.8. The third kappa shape index (κ3) is 4.01. The molecule has 0 aliphatic carbocycles. The van der Waals surface area contributed by atoms with E-state index in [2.05, 4.69) is 15.6 Å². The van der Waals surface area contributed by atoms with Gasteiger partial charge in [-0.1, -0.05) is 18.2 Å². The van der Waals surface area contributed by atoms with Gasteiger partial charge in [-0.3, -0.25) is 14.0 Å². The predicted molar refractivity (Wildman–Crippen MR) is 103 cm³/mol. The van der Waals surface area contributed by atoms with Crippen molar-refractivity contribution in [1.82, 2.24) is 20.0 Å². The average Bonchev–Trinajstić information content (AvgIpc) is 3.39. The molecule has 0 saturated heterocycles. The Morgan fingerprint density at radius 3 is 2.52 bits per heavy atom. The third-order valence-corrected chi connectivity index (χ3v) is 4.34. The molecule has 146 valence electrons. The molecule has 0 radical (unpaired) electrons. The van der Waals surface area contributed by atoms with E-state index in [1.54, 1.807) is 53.1 Å². The SMILES string of the molecule is O=C(NCc1ccc(F)cc1)c1nc(C(=O)NCc2ccco2)n2ccccc12. The summed E-state index contributed by atoms with van der Waals surface area (Å²) in [5, 5.41) is 5.48. The van der Waals surface area contributed by atoms with Gasteiger partial charge in [0.25, 0.3) is 11.8 Å². The Morgan fingerprint density at radius 2 is 1.76 bits per heavy atom. The van der Waals surface area contributed by atoms with Gasteiger partial charge in [0.1, 0.15) is 11.6 Å². The van der Waals surface area contributed by atoms with Gasteiger partial charge in [0, 0.05) is 12.7 Å². The van der Waals surface area contributed by atoms with E-state index in [0.29, 0.717) is 11.3 Å². The van der Waals surface area contributed by atoms with E-state index >= 15 is 0 Å². The summed E-state index contributed by atoms with van der Waals surface area (Å²) in [6, 6.07) is 14.5. The van der Waals surface area contributed by atoms with Crippen LogP contribution in [0.4, 0.5) is 4.39 Å². The van der Waals surface area contributed by atoms with Crippen molar-refractivity contribution in [3.8, 4) is 0 Å². The Kier molecular flexibility index (Phi) is 5.07. The fourth-order valence-electron chi connectivity index (χ4n) is 2.89. The number of rotatable bonds is 6. The summed E-state index contributed by atoms with van der Waals surface area (Å²) in [6.07, 6.45) is 3.19. The minimum atomic E-state index is -0.430. The highest BCUT2D eigenvalue weighted by Crippen LogP contribution is 2.14. The number of nitrogens with one attached hydrogen (secondary N) is 2. The van der Waals surface area contributed by atoms with Gasteiger partial charge >= 0.3 is 0 Å². The zero-order chi connectivity index (χ0) is 20.2. The Hall–Kier alpha value is -3.94. The number of pyridine rings is 1. The first-order chi connectivity index (χ1) is 14.1. The smallest absolute Gasteiger partial charge is 0.288 e. The molecule has 0 saturated carbocycles. The summed E-state index contributed by atoms with van der Waals surface area (Å²) in [6.45, 7) is 0.421. The van der Waals surface area contributed by atoms with Gasteiger partial charge in [-0.15, -0.1) is 0 Å². The standard InChI is InChI=1S/C21H17FN4O3/c22-15-8-6-14(7-9-15)12-23-20(27)18-17-5-1-2-10-26(17)19(25-18)21(28)24-13-16-4-3-11-29-16/h1-11H,12-13H2,(H,23,27)(H,24,28). The monoisotopic (exact) mass is 392 g/mol. The number of benzene rings is 1. The van der Waals surface area contributed by atoms with Gasteiger partial charge in [0.05, 0.1) is 18.3 Å². The lowest BCUT2D eigenvalue weighted by Gasteiger charge is -2.04. The molecule has 0 spiro atoms. The van der Waals surface area contributed by atoms with Gasteiger partial charge in [-0.05, 0) is 42.0 Å². The summed E-state index contributed by atoms with van der Waals surface area (Å²) < 4.78 is 19.8. The number of imidazole rings is 1. The second kappa shape index (κ2) is 7.97. The maximum Gasteiger partial charge on any atom is 0.288 e. The number of hydrogen-bond acceptors (Lipinski definition) is 4. The first-order valence-corrected chi connectivity index (χ1v) is 8.92. The first-order valence-electron chi connectivity index (χ1n) is 8.92. The molecule has 29 heavy (non-hydrogen) atoms. The number of aromatic nitrogens is 2. The van der Waals surface area contributed by atoms with E-state index < -0.39 is 11.8 Å². The van der Waals surface area contributed by atoms with Crippen molar-refractivity contribution < 1.29 is 18.4 Å². The summed E-state index contributed by atoms with van der Waals surface area (Å²) in [4.78, 5) is 29.5. The van der Waals surface area contributed by atoms with Crippen LogP contribution in [0.1, 0.15) is 32.4 Å². The predicted octanol–water partition coefficient (Wildman–Crippen LogP) is 2.93. The average molecular weight is 392 g/mol. The molecule has 0 unspecified atom stereocenters. The number of nitrogens with zero attached hydrogens (tertiary/aromatic N) is 2. The van der Waals surface area contributed by atoms with E-state index in [0.717, 1.165) is 5.56 Å². The Balaban J connectivity index is 1.53. The van der Waals surface area contributed by atoms with Gasteiger partial charge in [0.2, 0.25) is 5.82 Å². The number of halogens is 1. The first kappa shape index (κ1) is 18.4. The van der Waals surface area contributed by atoms with Gasteiger partial charge in [0.15, 0.2) is 5.69 Å². The van der Waals surface area contributed by atoms with Crippen molar-refractivity contribution in [3.05, 3.63) is 95.7 Å². The quantitative estimate of drug-likeness (QED) is 0.528. The maximum absolute atomic E-state index is 13.0. The second-order valence-electron chi connectivity index (χ2n) is 6.31. The summed E-state index contributed by atoms with van der Waals surface area (Å²) in [7, 11) is 0. The maximum atomic E-state index is 13.0. The summed E-state index contributed by atoms with van der Waals surface area (Å²) in [5.74, 6) is -0.496. The Morgan fingerprint density at radius 1 is 0.966 bits per heavy atom. The minimum Gasteiger partial charge on any atom is -0.467 e. The van der Waals surface area contributed by atoms with Crippen molar-refractivity contribution in [3.63, 3.8) is 0 Å². The largest absolute Gasteiger partial charge is 0.467 e. The van der Waals surface area contributed by atoms with Crippen LogP contribution in [0.3, 0.4) is 0 Å². The molecular weight excluding hydrogens is 375 g/mol. The molecular formula is C21H17FN4O3. The number of carbonyl (C=O) groups is 2. The van der Waals surface area contributed by atoms with Crippen LogP contribution in [0.25, 0.3) is 5.52 Å². The molecule has 0 bridgehead atoms. The fraction of sp³-hybridized carbons (Fsp3) is 0.0952. The van der Waals surface area contributed by atoms with Crippen LogP contribution < -0.4 is 10.6 Å². The van der Waals surface area contributed by atoms with E-state index in [4.69, 9.17) is 4.42 Å². The number of fused-ring (bicyclic) bond motifs is 1. The lowest BCUT2D eigenvalue weighted by Crippen LogP contribution is -2.25. The third-order valence-electron chi connectivity index (χ3n) is 4.34. The Labute approximate surface area is 165 Å². The molecule has 0 atom stereocenters. The van der Waals surface area contributed by atoms with Gasteiger partial charge in [-0.2, -0.15) is 0 Å². The van der Waals surface area contributed by atoms with Crippen LogP contribution in [0.5, 0.6) is 0 Å². The topological polar surface area (TPSA) is 88.6 Å². The molecule has 2 amide bonds. The van der Waals surface area contributed by atoms with Gasteiger partial charge < -0.3 is 15.1 Å². The van der Waals surface area contributed by atoms with Crippen LogP contribution in [-0.4, -0.2) is 21.2 Å². The molecule has 0 aliphatic heterocycles. The summed E-state index contributed by atoms with van der Waals surface area (Å²) >= 11 is 0. The van der Waals surface area contributed by atoms with Crippen molar-refractivity contribution in [2.75, 3.05) is 0 Å². The van der Waals surface area contributed by atoms with Crippen LogP contribution >= 0.6 is 0 Å². The zero-order valence-corrected chi connectivity index (χ0v) is 15.3. The molecule has 3 heterocycles. The number of carbonyl (C=O) groups excluding carboxylic acids is 2. The van der Waals surface area contributed by atoms with Crippen LogP contribution in [0.15, 0.2) is 71.5 Å². The van der Waals surface area contributed by atoms with E-state index in [9.17, 15) is 14.0 Å². The van der Waals surface area contributed by atoms with E-state index in [-0.39, 0.29) is 30.4 Å². The lowest BCUT2D eigenvalue weighted by molar-refractivity contribution is 0.0937. The number of hydrogen-bond donors (Lipinski definition) is 2. The van der Waals surface area contributed by atoms with Crippen molar-refractivity contribution in [2.45, 2.75) is 13.1 Å². The highest BCUT2D eigenvalue weighted by Gasteiger charge is 2.21. The van der Waals surface area contributed by atoms with E-state index in [1.165, 1.54) is 18.4 Å². The van der Waals surface area contributed by atoms with Crippen LogP contribution in [0.2, 0.25) is 0 Å². The van der Waals surface area contributed by atoms with Crippen LogP contribution in [-0.2, 0) is 13.1 Å². The van der Waals surface area contributed by atoms with Crippen molar-refractivity contribution >= 4 is 17.3 Å². The second-order valence-corrected chi connectivity index (χ2v) is 6.31. The number of furan rings is 1. The molecule has 4 rings (SSSR count). The zero-order valence-electron chi connectivity index (χ0n) is 15.3. The molecule has 4 aromatic rings. The van der Waals surface area contributed by atoms with Gasteiger partial charge in [-0.25, -0.2) is 9.37 Å². The minimum absolute atomic E-state index is 0.0964. The fourth-order valence-corrected chi connectivity index (χ4v) is 2.89.